The first-order valence-corrected chi connectivity index (χ1v) is 5.69. The minimum atomic E-state index is 0.205. The van der Waals surface area contributed by atoms with Crippen molar-refractivity contribution in [1.29, 1.82) is 0 Å². The number of thiol groups is 1. The van der Waals surface area contributed by atoms with Crippen LogP contribution in [0.15, 0.2) is 9.64 Å². The van der Waals surface area contributed by atoms with Gasteiger partial charge in [0, 0.05) is 12.7 Å². The zero-order chi connectivity index (χ0) is 9.90. The normalized spacial score (nSPS) is 12.0. The highest BCUT2D eigenvalue weighted by Gasteiger charge is 2.17. The highest BCUT2D eigenvalue weighted by molar-refractivity contribution is 7.99. The number of hydrogen-bond donors (Lipinski definition) is 1. The third kappa shape index (κ3) is 3.60. The van der Waals surface area contributed by atoms with Crippen molar-refractivity contribution in [3.63, 3.8) is 0 Å². The Labute approximate surface area is 88.1 Å². The lowest BCUT2D eigenvalue weighted by Crippen LogP contribution is -2.16. The van der Waals surface area contributed by atoms with Gasteiger partial charge in [0.15, 0.2) is 0 Å². The van der Waals surface area contributed by atoms with Crippen molar-refractivity contribution in [1.82, 2.24) is 10.2 Å². The molecular weight excluding hydrogens is 204 g/mol. The topological polar surface area (TPSA) is 38.9 Å². The van der Waals surface area contributed by atoms with Gasteiger partial charge >= 0.3 is 0 Å². The summed E-state index contributed by atoms with van der Waals surface area (Å²) in [5, 5.41) is 8.31. The molecule has 0 aliphatic carbocycles. The molecule has 0 aromatic carbocycles. The van der Waals surface area contributed by atoms with Gasteiger partial charge in [0.2, 0.25) is 5.89 Å². The minimum Gasteiger partial charge on any atom is -0.416 e. The van der Waals surface area contributed by atoms with Gasteiger partial charge in [-0.2, -0.15) is 12.6 Å². The van der Waals surface area contributed by atoms with Gasteiger partial charge in [0.05, 0.1) is 0 Å². The van der Waals surface area contributed by atoms with E-state index in [1.807, 2.05) is 0 Å². The summed E-state index contributed by atoms with van der Waals surface area (Å²) in [5.41, 5.74) is 0.205. The molecule has 1 aromatic rings. The van der Waals surface area contributed by atoms with Crippen molar-refractivity contribution in [3.8, 4) is 0 Å². The van der Waals surface area contributed by atoms with E-state index >= 15 is 0 Å². The maximum atomic E-state index is 5.24. The summed E-state index contributed by atoms with van der Waals surface area (Å²) < 4.78 is 5.24. The van der Waals surface area contributed by atoms with Gasteiger partial charge in [-0.25, -0.2) is 0 Å². The zero-order valence-electron chi connectivity index (χ0n) is 8.07. The van der Waals surface area contributed by atoms with Crippen LogP contribution in [0.5, 0.6) is 0 Å². The van der Waals surface area contributed by atoms with E-state index in [1.54, 1.807) is 18.7 Å². The molecule has 0 bridgehead atoms. The number of aromatic nitrogens is 2. The fourth-order valence-corrected chi connectivity index (χ4v) is 1.80. The van der Waals surface area contributed by atoms with E-state index in [0.717, 1.165) is 11.5 Å². The fourth-order valence-electron chi connectivity index (χ4n) is 0.639. The second-order valence-electron chi connectivity index (χ2n) is 3.70. The monoisotopic (exact) mass is 218 g/mol. The molecule has 0 fully saturated rings. The average molecular weight is 218 g/mol. The maximum Gasteiger partial charge on any atom is 0.276 e. The van der Waals surface area contributed by atoms with Crippen LogP contribution in [-0.2, 0) is 0 Å². The molecule has 0 amide bonds. The molecule has 13 heavy (non-hydrogen) atoms. The van der Waals surface area contributed by atoms with Crippen LogP contribution >= 0.6 is 24.4 Å². The van der Waals surface area contributed by atoms with E-state index in [0.29, 0.717) is 11.1 Å². The second-order valence-corrected chi connectivity index (χ2v) is 4.94. The molecule has 0 saturated carbocycles. The summed E-state index contributed by atoms with van der Waals surface area (Å²) in [7, 11) is 0. The van der Waals surface area contributed by atoms with Crippen LogP contribution in [-0.4, -0.2) is 21.7 Å². The first-order valence-electron chi connectivity index (χ1n) is 4.07. The van der Waals surface area contributed by atoms with Gasteiger partial charge < -0.3 is 4.42 Å². The Balaban J connectivity index is 2.43. The van der Waals surface area contributed by atoms with Crippen molar-refractivity contribution in [2.24, 2.45) is 5.41 Å². The number of nitrogens with zero attached hydrogens (tertiary/aromatic N) is 2. The van der Waals surface area contributed by atoms with Crippen molar-refractivity contribution < 1.29 is 4.42 Å². The first-order chi connectivity index (χ1) is 6.03. The Morgan fingerprint density at radius 3 is 2.62 bits per heavy atom. The smallest absolute Gasteiger partial charge is 0.276 e. The predicted molar refractivity (Wildman–Crippen MR) is 57.4 cm³/mol. The van der Waals surface area contributed by atoms with E-state index in [1.165, 1.54) is 0 Å². The third-order valence-electron chi connectivity index (χ3n) is 1.52. The maximum absolute atomic E-state index is 5.24. The third-order valence-corrected chi connectivity index (χ3v) is 3.72. The van der Waals surface area contributed by atoms with Gasteiger partial charge in [-0.05, 0) is 11.2 Å². The molecule has 0 atom stereocenters. The van der Waals surface area contributed by atoms with Crippen LogP contribution in [0.3, 0.4) is 0 Å². The van der Waals surface area contributed by atoms with E-state index in [4.69, 9.17) is 4.42 Å². The number of thioether (sulfide) groups is 1. The minimum absolute atomic E-state index is 0.205. The molecule has 0 aliphatic rings. The summed E-state index contributed by atoms with van der Waals surface area (Å²) in [6.07, 6.45) is 0. The summed E-state index contributed by atoms with van der Waals surface area (Å²) >= 11 is 5.86. The van der Waals surface area contributed by atoms with E-state index in [9.17, 15) is 0 Å². The molecule has 3 nitrogen and oxygen atoms in total. The Bertz CT molecular complexity index is 273. The number of hydrogen-bond acceptors (Lipinski definition) is 5. The second kappa shape index (κ2) is 4.37. The zero-order valence-corrected chi connectivity index (χ0v) is 9.78. The van der Waals surface area contributed by atoms with Crippen LogP contribution in [0.2, 0.25) is 0 Å². The van der Waals surface area contributed by atoms with E-state index in [2.05, 4.69) is 36.7 Å². The largest absolute Gasteiger partial charge is 0.416 e. The molecule has 1 aromatic heterocycles. The van der Waals surface area contributed by atoms with E-state index < -0.39 is 0 Å². The molecule has 5 heteroatoms. The highest BCUT2D eigenvalue weighted by atomic mass is 32.2. The number of rotatable bonds is 4. The van der Waals surface area contributed by atoms with Crippen molar-refractivity contribution in [2.75, 3.05) is 11.5 Å². The van der Waals surface area contributed by atoms with Crippen LogP contribution < -0.4 is 0 Å². The predicted octanol–water partition coefficient (Wildman–Crippen LogP) is 2.43. The quantitative estimate of drug-likeness (QED) is 0.622. The van der Waals surface area contributed by atoms with Crippen molar-refractivity contribution in [2.45, 2.75) is 26.0 Å². The first kappa shape index (κ1) is 10.9. The Morgan fingerprint density at radius 1 is 1.46 bits per heavy atom. The van der Waals surface area contributed by atoms with Gasteiger partial charge in [0.1, 0.15) is 0 Å². The van der Waals surface area contributed by atoms with Crippen molar-refractivity contribution in [3.05, 3.63) is 5.89 Å². The summed E-state index contributed by atoms with van der Waals surface area (Å²) in [6, 6.07) is 0. The summed E-state index contributed by atoms with van der Waals surface area (Å²) in [5.74, 6) is 2.41. The molecule has 0 radical (unpaired) electrons. The molecule has 0 N–H and O–H groups in total. The molecule has 1 rings (SSSR count). The fraction of sp³-hybridized carbons (Fsp3) is 0.750. The van der Waals surface area contributed by atoms with E-state index in [-0.39, 0.29) is 5.41 Å². The van der Waals surface area contributed by atoms with Crippen LogP contribution in [0.4, 0.5) is 0 Å². The Kier molecular flexibility index (Phi) is 3.67. The molecule has 74 valence electrons. The molecular formula is C8H14N2OS2. The summed E-state index contributed by atoms with van der Waals surface area (Å²) in [4.78, 5) is 0. The highest BCUT2D eigenvalue weighted by Crippen LogP contribution is 2.27. The molecule has 0 spiro atoms. The van der Waals surface area contributed by atoms with Gasteiger partial charge in [-0.3, -0.25) is 0 Å². The van der Waals surface area contributed by atoms with Gasteiger partial charge in [-0.15, -0.1) is 10.2 Å². The number of aryl methyl sites for hydroxylation is 1. The Morgan fingerprint density at radius 2 is 2.15 bits per heavy atom. The molecule has 0 aliphatic heterocycles. The lowest BCUT2D eigenvalue weighted by Gasteiger charge is -2.19. The lowest BCUT2D eigenvalue weighted by molar-refractivity contribution is 0.425. The van der Waals surface area contributed by atoms with Crippen LogP contribution in [0.1, 0.15) is 19.7 Å². The van der Waals surface area contributed by atoms with Crippen molar-refractivity contribution >= 4 is 24.4 Å². The molecule has 0 unspecified atom stereocenters. The lowest BCUT2D eigenvalue weighted by atomic mass is 10.0. The Hall–Kier alpha value is -0.160. The van der Waals surface area contributed by atoms with Crippen LogP contribution in [0.25, 0.3) is 0 Å². The SMILES string of the molecule is Cc1nnc(SCC(C)(C)CS)o1. The molecule has 0 saturated heterocycles. The summed E-state index contributed by atoms with van der Waals surface area (Å²) in [6.45, 7) is 6.12. The standard InChI is InChI=1S/C8H14N2OS2/c1-6-9-10-7(11-6)13-5-8(2,3)4-12/h12H,4-5H2,1-3H3. The average Bonchev–Trinajstić information content (AvgIpc) is 2.48. The van der Waals surface area contributed by atoms with Gasteiger partial charge in [0.25, 0.3) is 5.22 Å². The van der Waals surface area contributed by atoms with Crippen LogP contribution in [0, 0.1) is 12.3 Å². The van der Waals surface area contributed by atoms with Gasteiger partial charge in [-0.1, -0.05) is 25.6 Å². The molecule has 1 heterocycles.